The molecule has 0 saturated carbocycles. The topological polar surface area (TPSA) is 20.3 Å². The molecular weight excluding hydrogens is 254 g/mol. The zero-order chi connectivity index (χ0) is 14.3. The summed E-state index contributed by atoms with van der Waals surface area (Å²) in [6.07, 6.45) is 3.38. The van der Waals surface area contributed by atoms with Crippen LogP contribution in [0.2, 0.25) is 0 Å². The standard InChI is InChI=1S/C16H27NOS/c1-5-16(6-2,17(7-3)8-4)15(18)12-11-14-10-9-13-19-14/h9-10,13H,5-8,11-12H2,1-4H3. The summed E-state index contributed by atoms with van der Waals surface area (Å²) >= 11 is 1.74. The van der Waals surface area contributed by atoms with Crippen LogP contribution in [-0.4, -0.2) is 29.3 Å². The molecule has 108 valence electrons. The van der Waals surface area contributed by atoms with Gasteiger partial charge in [0.15, 0.2) is 5.78 Å². The number of carbonyl (C=O) groups is 1. The molecule has 19 heavy (non-hydrogen) atoms. The molecule has 0 unspecified atom stereocenters. The number of rotatable bonds is 9. The maximum Gasteiger partial charge on any atom is 0.153 e. The molecule has 1 aromatic rings. The van der Waals surface area contributed by atoms with E-state index >= 15 is 0 Å². The second-order valence-corrected chi connectivity index (χ2v) is 5.95. The first-order valence-electron chi connectivity index (χ1n) is 7.45. The number of ketones is 1. The highest BCUT2D eigenvalue weighted by Gasteiger charge is 2.38. The number of aryl methyl sites for hydroxylation is 1. The molecule has 3 heteroatoms. The van der Waals surface area contributed by atoms with Crippen molar-refractivity contribution in [1.82, 2.24) is 4.90 Å². The van der Waals surface area contributed by atoms with Crippen molar-refractivity contribution in [3.8, 4) is 0 Å². The Morgan fingerprint density at radius 3 is 2.26 bits per heavy atom. The van der Waals surface area contributed by atoms with E-state index in [0.717, 1.165) is 32.4 Å². The third-order valence-electron chi connectivity index (χ3n) is 4.24. The molecule has 0 spiro atoms. The van der Waals surface area contributed by atoms with Gasteiger partial charge in [0.25, 0.3) is 0 Å². The SMILES string of the molecule is CCN(CC)C(CC)(CC)C(=O)CCc1cccs1. The lowest BCUT2D eigenvalue weighted by atomic mass is 9.83. The summed E-state index contributed by atoms with van der Waals surface area (Å²) in [6.45, 7) is 10.5. The minimum atomic E-state index is -0.249. The van der Waals surface area contributed by atoms with Gasteiger partial charge in [-0.05, 0) is 43.8 Å². The minimum Gasteiger partial charge on any atom is -0.298 e. The summed E-state index contributed by atoms with van der Waals surface area (Å²) < 4.78 is 0. The highest BCUT2D eigenvalue weighted by molar-refractivity contribution is 7.09. The van der Waals surface area contributed by atoms with Crippen LogP contribution in [0.3, 0.4) is 0 Å². The lowest BCUT2D eigenvalue weighted by Gasteiger charge is -2.41. The van der Waals surface area contributed by atoms with E-state index in [9.17, 15) is 4.79 Å². The monoisotopic (exact) mass is 281 g/mol. The summed E-state index contributed by atoms with van der Waals surface area (Å²) in [7, 11) is 0. The molecular formula is C16H27NOS. The van der Waals surface area contributed by atoms with Crippen LogP contribution in [0, 0.1) is 0 Å². The molecule has 0 N–H and O–H groups in total. The van der Waals surface area contributed by atoms with Gasteiger partial charge in [-0.25, -0.2) is 0 Å². The van der Waals surface area contributed by atoms with Crippen molar-refractivity contribution in [2.45, 2.75) is 58.9 Å². The Balaban J connectivity index is 2.77. The van der Waals surface area contributed by atoms with E-state index in [1.54, 1.807) is 11.3 Å². The smallest absolute Gasteiger partial charge is 0.153 e. The van der Waals surface area contributed by atoms with Gasteiger partial charge in [0, 0.05) is 11.3 Å². The van der Waals surface area contributed by atoms with E-state index in [2.05, 4.69) is 50.1 Å². The van der Waals surface area contributed by atoms with E-state index in [-0.39, 0.29) is 5.54 Å². The van der Waals surface area contributed by atoms with Gasteiger partial charge < -0.3 is 0 Å². The quantitative estimate of drug-likeness (QED) is 0.677. The van der Waals surface area contributed by atoms with E-state index in [1.807, 2.05) is 0 Å². The Morgan fingerprint density at radius 2 is 1.84 bits per heavy atom. The van der Waals surface area contributed by atoms with Crippen LogP contribution in [0.4, 0.5) is 0 Å². The van der Waals surface area contributed by atoms with E-state index in [1.165, 1.54) is 4.88 Å². The summed E-state index contributed by atoms with van der Waals surface area (Å²) in [6, 6.07) is 4.18. The molecule has 0 aromatic carbocycles. The Hall–Kier alpha value is -0.670. The zero-order valence-electron chi connectivity index (χ0n) is 12.7. The maximum absolute atomic E-state index is 12.7. The van der Waals surface area contributed by atoms with Gasteiger partial charge in [-0.1, -0.05) is 33.8 Å². The predicted molar refractivity (Wildman–Crippen MR) is 83.9 cm³/mol. The first kappa shape index (κ1) is 16.4. The highest BCUT2D eigenvalue weighted by Crippen LogP contribution is 2.27. The summed E-state index contributed by atoms with van der Waals surface area (Å²) in [5.41, 5.74) is -0.249. The fraction of sp³-hybridized carbons (Fsp3) is 0.688. The van der Waals surface area contributed by atoms with Crippen molar-refractivity contribution >= 4 is 17.1 Å². The van der Waals surface area contributed by atoms with E-state index in [0.29, 0.717) is 12.2 Å². The van der Waals surface area contributed by atoms with Crippen LogP contribution in [0.15, 0.2) is 17.5 Å². The van der Waals surface area contributed by atoms with Gasteiger partial charge in [-0.2, -0.15) is 0 Å². The lowest BCUT2D eigenvalue weighted by Crippen LogP contribution is -2.53. The third-order valence-corrected chi connectivity index (χ3v) is 5.17. The van der Waals surface area contributed by atoms with Crippen LogP contribution in [0.5, 0.6) is 0 Å². The lowest BCUT2D eigenvalue weighted by molar-refractivity contribution is -0.132. The fourth-order valence-electron chi connectivity index (χ4n) is 3.02. The second-order valence-electron chi connectivity index (χ2n) is 4.91. The Kier molecular flexibility index (Phi) is 6.73. The van der Waals surface area contributed by atoms with Crippen LogP contribution in [-0.2, 0) is 11.2 Å². The van der Waals surface area contributed by atoms with Crippen molar-refractivity contribution in [3.05, 3.63) is 22.4 Å². The highest BCUT2D eigenvalue weighted by atomic mass is 32.1. The van der Waals surface area contributed by atoms with Crippen LogP contribution >= 0.6 is 11.3 Å². The number of thiophene rings is 1. The number of likely N-dealkylation sites (N-methyl/N-ethyl adjacent to an activating group) is 1. The molecule has 0 aliphatic carbocycles. The normalized spacial score (nSPS) is 12.1. The summed E-state index contributed by atoms with van der Waals surface area (Å²) in [5.74, 6) is 0.412. The Morgan fingerprint density at radius 1 is 1.21 bits per heavy atom. The number of hydrogen-bond acceptors (Lipinski definition) is 3. The van der Waals surface area contributed by atoms with Gasteiger partial charge in [0.2, 0.25) is 0 Å². The molecule has 1 heterocycles. The van der Waals surface area contributed by atoms with Crippen molar-refractivity contribution in [3.63, 3.8) is 0 Å². The van der Waals surface area contributed by atoms with Gasteiger partial charge in [0.1, 0.15) is 0 Å². The van der Waals surface area contributed by atoms with Crippen molar-refractivity contribution in [2.24, 2.45) is 0 Å². The molecule has 2 nitrogen and oxygen atoms in total. The average Bonchev–Trinajstić information content (AvgIpc) is 2.95. The van der Waals surface area contributed by atoms with Crippen LogP contribution in [0.25, 0.3) is 0 Å². The van der Waals surface area contributed by atoms with Crippen molar-refractivity contribution in [2.75, 3.05) is 13.1 Å². The predicted octanol–water partition coefficient (Wildman–Crippen LogP) is 4.15. The van der Waals surface area contributed by atoms with Gasteiger partial charge in [-0.15, -0.1) is 11.3 Å². The minimum absolute atomic E-state index is 0.249. The molecule has 0 bridgehead atoms. The number of hydrogen-bond donors (Lipinski definition) is 0. The van der Waals surface area contributed by atoms with Gasteiger partial charge in [0.05, 0.1) is 5.54 Å². The number of Topliss-reactive ketones (excluding diaryl/α,β-unsaturated/α-hetero) is 1. The van der Waals surface area contributed by atoms with E-state index < -0.39 is 0 Å². The van der Waals surface area contributed by atoms with Crippen LogP contribution in [0.1, 0.15) is 51.8 Å². The second kappa shape index (κ2) is 7.81. The molecule has 0 atom stereocenters. The van der Waals surface area contributed by atoms with Gasteiger partial charge >= 0.3 is 0 Å². The van der Waals surface area contributed by atoms with Crippen molar-refractivity contribution in [1.29, 1.82) is 0 Å². The Labute approximate surface area is 121 Å². The zero-order valence-corrected chi connectivity index (χ0v) is 13.6. The van der Waals surface area contributed by atoms with Crippen LogP contribution < -0.4 is 0 Å². The van der Waals surface area contributed by atoms with E-state index in [4.69, 9.17) is 0 Å². The fourth-order valence-corrected chi connectivity index (χ4v) is 3.73. The Bertz CT molecular complexity index is 364. The molecule has 0 aliphatic heterocycles. The molecule has 0 saturated heterocycles. The number of nitrogens with zero attached hydrogens (tertiary/aromatic N) is 1. The third kappa shape index (κ3) is 3.67. The largest absolute Gasteiger partial charge is 0.298 e. The first-order valence-corrected chi connectivity index (χ1v) is 8.33. The molecule has 0 radical (unpaired) electrons. The van der Waals surface area contributed by atoms with Crippen molar-refractivity contribution < 1.29 is 4.79 Å². The molecule has 1 rings (SSSR count). The van der Waals surface area contributed by atoms with Gasteiger partial charge in [-0.3, -0.25) is 9.69 Å². The number of carbonyl (C=O) groups excluding carboxylic acids is 1. The summed E-state index contributed by atoms with van der Waals surface area (Å²) in [5, 5.41) is 2.08. The molecule has 1 aromatic heterocycles. The first-order chi connectivity index (χ1) is 9.14. The molecule has 0 fully saturated rings. The summed E-state index contributed by atoms with van der Waals surface area (Å²) in [4.78, 5) is 16.4. The average molecular weight is 281 g/mol. The molecule has 0 aliphatic rings. The molecule has 0 amide bonds. The maximum atomic E-state index is 12.7.